The van der Waals surface area contributed by atoms with Crippen molar-refractivity contribution < 1.29 is 28.7 Å². The van der Waals surface area contributed by atoms with E-state index in [0.29, 0.717) is 59.0 Å². The molecular weight excluding hydrogens is 758 g/mol. The lowest BCUT2D eigenvalue weighted by atomic mass is 9.95. The largest absolute Gasteiger partial charge is 0.493 e. The summed E-state index contributed by atoms with van der Waals surface area (Å²) in [6, 6.07) is 14.3. The van der Waals surface area contributed by atoms with Crippen molar-refractivity contribution in [2.45, 2.75) is 33.4 Å². The maximum atomic E-state index is 14.1. The molecule has 0 fully saturated rings. The Hall–Kier alpha value is -4.27. The number of non-ortho nitro benzene ring substituents is 1. The van der Waals surface area contributed by atoms with Crippen LogP contribution in [0.3, 0.4) is 0 Å². The molecule has 0 saturated carbocycles. The van der Waals surface area contributed by atoms with Crippen LogP contribution in [0.15, 0.2) is 84.6 Å². The van der Waals surface area contributed by atoms with Gasteiger partial charge in [-0.1, -0.05) is 17.4 Å². The lowest BCUT2D eigenvalue weighted by Crippen LogP contribution is -2.40. The molecule has 1 atom stereocenters. The minimum atomic E-state index is -0.814. The third kappa shape index (κ3) is 7.19. The van der Waals surface area contributed by atoms with Gasteiger partial charge in [-0.15, -0.1) is 0 Å². The van der Waals surface area contributed by atoms with E-state index in [-0.39, 0.29) is 30.0 Å². The maximum absolute atomic E-state index is 14.1. The first kappa shape index (κ1) is 34.1. The Kier molecular flexibility index (Phi) is 10.6. The van der Waals surface area contributed by atoms with E-state index in [1.54, 1.807) is 57.4 Å². The second-order valence-corrected chi connectivity index (χ2v) is 12.9. The highest BCUT2D eigenvalue weighted by Crippen LogP contribution is 2.37. The number of halogens is 2. The number of thiazole rings is 1. The van der Waals surface area contributed by atoms with Crippen molar-refractivity contribution in [3.05, 3.63) is 121 Å². The molecule has 0 radical (unpaired) electrons. The van der Waals surface area contributed by atoms with Gasteiger partial charge in [0.15, 0.2) is 16.3 Å². The van der Waals surface area contributed by atoms with Gasteiger partial charge in [0.1, 0.15) is 12.4 Å². The molecule has 0 N–H and O–H groups in total. The zero-order valence-corrected chi connectivity index (χ0v) is 29.7. The van der Waals surface area contributed by atoms with Crippen LogP contribution in [0.2, 0.25) is 0 Å². The number of rotatable bonds is 11. The highest BCUT2D eigenvalue weighted by molar-refractivity contribution is 9.11. The van der Waals surface area contributed by atoms with Crippen molar-refractivity contribution in [1.29, 1.82) is 0 Å². The number of methoxy groups -OCH3 is 1. The van der Waals surface area contributed by atoms with E-state index in [2.05, 4.69) is 36.9 Å². The molecular formula is C33H29Br2N3O8S. The van der Waals surface area contributed by atoms with Gasteiger partial charge in [-0.25, -0.2) is 9.79 Å². The van der Waals surface area contributed by atoms with E-state index < -0.39 is 16.9 Å². The SMILES string of the molecule is CCOC(=O)C1=C(C)N=c2s/c(=C\c3cc(Br)c(OCc4ccc([N+](=O)[O-])cc4)c(Br)c3)c(=O)n2[C@@H]1c1ccc(OC)c(OCC)c1. The number of hydrogen-bond acceptors (Lipinski definition) is 10. The molecule has 0 unspecified atom stereocenters. The molecule has 11 nitrogen and oxygen atoms in total. The third-order valence-electron chi connectivity index (χ3n) is 7.17. The van der Waals surface area contributed by atoms with Crippen molar-refractivity contribution in [3.63, 3.8) is 0 Å². The summed E-state index contributed by atoms with van der Waals surface area (Å²) in [5.74, 6) is 0.982. The van der Waals surface area contributed by atoms with Crippen molar-refractivity contribution in [2.24, 2.45) is 4.99 Å². The van der Waals surface area contributed by atoms with Crippen molar-refractivity contribution >= 4 is 60.9 Å². The highest BCUT2D eigenvalue weighted by atomic mass is 79.9. The molecule has 5 rings (SSSR count). The smallest absolute Gasteiger partial charge is 0.338 e. The standard InChI is InChI=1S/C33H29Br2N3O8S/c1-5-44-26-16-21(9-12-25(26)43-4)29-28(32(40)45-6-2)18(3)36-33-37(29)31(39)27(47-33)15-20-13-23(34)30(24(35)14-20)46-17-19-7-10-22(11-8-19)38(41)42/h7-16,29H,5-6,17H2,1-4H3/b27-15-/t29-/m1/s1. The summed E-state index contributed by atoms with van der Waals surface area (Å²) in [4.78, 5) is 42.9. The number of aromatic nitrogens is 1. The van der Waals surface area contributed by atoms with E-state index in [0.717, 1.165) is 5.56 Å². The van der Waals surface area contributed by atoms with Crippen molar-refractivity contribution in [3.8, 4) is 17.2 Å². The van der Waals surface area contributed by atoms with Crippen LogP contribution in [0.1, 0.15) is 43.5 Å². The Morgan fingerprint density at radius 2 is 1.74 bits per heavy atom. The number of hydrogen-bond donors (Lipinski definition) is 0. The molecule has 1 aliphatic heterocycles. The molecule has 3 aromatic carbocycles. The second-order valence-electron chi connectivity index (χ2n) is 10.2. The van der Waals surface area contributed by atoms with Crippen LogP contribution >= 0.6 is 43.2 Å². The molecule has 244 valence electrons. The molecule has 47 heavy (non-hydrogen) atoms. The average molecular weight is 787 g/mol. The first-order chi connectivity index (χ1) is 22.6. The van der Waals surface area contributed by atoms with E-state index in [1.165, 1.54) is 28.0 Å². The normalized spacial score (nSPS) is 14.3. The predicted octanol–water partition coefficient (Wildman–Crippen LogP) is 6.22. The summed E-state index contributed by atoms with van der Waals surface area (Å²) in [6.07, 6.45) is 1.75. The highest BCUT2D eigenvalue weighted by Gasteiger charge is 2.34. The van der Waals surface area contributed by atoms with Gasteiger partial charge in [0.25, 0.3) is 11.2 Å². The summed E-state index contributed by atoms with van der Waals surface area (Å²) >= 11 is 8.34. The van der Waals surface area contributed by atoms with Crippen molar-refractivity contribution in [1.82, 2.24) is 4.57 Å². The molecule has 14 heteroatoms. The van der Waals surface area contributed by atoms with Crippen LogP contribution in [0.25, 0.3) is 6.08 Å². The second kappa shape index (κ2) is 14.7. The molecule has 4 aromatic rings. The van der Waals surface area contributed by atoms with Gasteiger partial charge in [-0.05, 0) is 112 Å². The Bertz CT molecular complexity index is 2050. The number of nitro benzene ring substituents is 1. The van der Waals surface area contributed by atoms with Crippen LogP contribution in [-0.2, 0) is 16.1 Å². The number of carbonyl (C=O) groups excluding carboxylic acids is 1. The van der Waals surface area contributed by atoms with Crippen LogP contribution in [0.4, 0.5) is 5.69 Å². The monoisotopic (exact) mass is 785 g/mol. The maximum Gasteiger partial charge on any atom is 0.338 e. The predicted molar refractivity (Wildman–Crippen MR) is 184 cm³/mol. The van der Waals surface area contributed by atoms with Gasteiger partial charge in [0, 0.05) is 12.1 Å². The van der Waals surface area contributed by atoms with Gasteiger partial charge in [0.05, 0.1) is 56.0 Å². The fourth-order valence-corrected chi connectivity index (χ4v) is 7.56. The summed E-state index contributed by atoms with van der Waals surface area (Å²) in [6.45, 7) is 6.06. The topological polar surface area (TPSA) is 131 Å². The van der Waals surface area contributed by atoms with E-state index in [1.807, 2.05) is 19.1 Å². The van der Waals surface area contributed by atoms with E-state index >= 15 is 0 Å². The summed E-state index contributed by atoms with van der Waals surface area (Å²) < 4.78 is 25.8. The number of allylic oxidation sites excluding steroid dienone is 1. The van der Waals surface area contributed by atoms with E-state index in [4.69, 9.17) is 18.9 Å². The molecule has 0 aliphatic carbocycles. The van der Waals surface area contributed by atoms with Crippen molar-refractivity contribution in [2.75, 3.05) is 20.3 Å². The lowest BCUT2D eigenvalue weighted by Gasteiger charge is -2.25. The molecule has 0 saturated heterocycles. The quantitative estimate of drug-likeness (QED) is 0.0996. The lowest BCUT2D eigenvalue weighted by molar-refractivity contribution is -0.384. The Morgan fingerprint density at radius 3 is 2.36 bits per heavy atom. The number of ether oxygens (including phenoxy) is 4. The first-order valence-electron chi connectivity index (χ1n) is 14.4. The van der Waals surface area contributed by atoms with Crippen LogP contribution in [0, 0.1) is 10.1 Å². The molecule has 2 heterocycles. The van der Waals surface area contributed by atoms with Gasteiger partial charge in [-0.2, -0.15) is 0 Å². The Balaban J connectivity index is 1.54. The summed E-state index contributed by atoms with van der Waals surface area (Å²) in [7, 11) is 1.54. The number of nitrogens with zero attached hydrogens (tertiary/aromatic N) is 3. The molecule has 1 aromatic heterocycles. The van der Waals surface area contributed by atoms with Crippen LogP contribution in [0.5, 0.6) is 17.2 Å². The fourth-order valence-electron chi connectivity index (χ4n) is 5.06. The molecule has 1 aliphatic rings. The Labute approximate surface area is 290 Å². The number of fused-ring (bicyclic) bond motifs is 1. The fraction of sp³-hybridized carbons (Fsp3) is 0.242. The van der Waals surface area contributed by atoms with E-state index in [9.17, 15) is 19.7 Å². The summed E-state index contributed by atoms with van der Waals surface area (Å²) in [5, 5.41) is 10.9. The van der Waals surface area contributed by atoms with Gasteiger partial charge >= 0.3 is 5.97 Å². The zero-order chi connectivity index (χ0) is 33.8. The zero-order valence-electron chi connectivity index (χ0n) is 25.7. The number of carbonyl (C=O) groups is 1. The molecule has 0 amide bonds. The van der Waals surface area contributed by atoms with Gasteiger partial charge in [-0.3, -0.25) is 19.5 Å². The van der Waals surface area contributed by atoms with Gasteiger partial charge < -0.3 is 18.9 Å². The third-order valence-corrected chi connectivity index (χ3v) is 9.33. The average Bonchev–Trinajstić information content (AvgIpc) is 3.34. The molecule has 0 spiro atoms. The first-order valence-corrected chi connectivity index (χ1v) is 16.8. The van der Waals surface area contributed by atoms with Crippen LogP contribution < -0.4 is 29.1 Å². The number of esters is 1. The minimum Gasteiger partial charge on any atom is -0.493 e. The summed E-state index contributed by atoms with van der Waals surface area (Å²) in [5.41, 5.74) is 2.50. The van der Waals surface area contributed by atoms with Gasteiger partial charge in [0.2, 0.25) is 0 Å². The minimum absolute atomic E-state index is 0.00333. The van der Waals surface area contributed by atoms with Crippen LogP contribution in [-0.4, -0.2) is 35.8 Å². The Morgan fingerprint density at radius 1 is 1.04 bits per heavy atom. The number of benzene rings is 3. The number of nitro groups is 1. The molecule has 0 bridgehead atoms.